The van der Waals surface area contributed by atoms with Crippen molar-refractivity contribution in [3.63, 3.8) is 0 Å². The highest BCUT2D eigenvalue weighted by molar-refractivity contribution is 4.90. The van der Waals surface area contributed by atoms with Gasteiger partial charge in [0.15, 0.2) is 0 Å². The van der Waals surface area contributed by atoms with Crippen LogP contribution in [0.5, 0.6) is 0 Å². The van der Waals surface area contributed by atoms with Crippen LogP contribution < -0.4 is 5.32 Å². The van der Waals surface area contributed by atoms with Crippen molar-refractivity contribution >= 4 is 0 Å². The molecule has 0 aromatic heterocycles. The lowest BCUT2D eigenvalue weighted by molar-refractivity contribution is -0.116. The second-order valence-corrected chi connectivity index (χ2v) is 7.27. The van der Waals surface area contributed by atoms with Gasteiger partial charge in [-0.1, -0.05) is 34.1 Å². The molecule has 0 saturated heterocycles. The second-order valence-electron chi connectivity index (χ2n) is 7.27. The maximum atomic E-state index is 6.57. The van der Waals surface area contributed by atoms with Crippen LogP contribution in [-0.2, 0) is 4.74 Å². The zero-order valence-corrected chi connectivity index (χ0v) is 14.5. The molecule has 1 aliphatic rings. The first-order chi connectivity index (χ1) is 9.51. The Morgan fingerprint density at radius 3 is 2.30 bits per heavy atom. The van der Waals surface area contributed by atoms with E-state index in [1.165, 1.54) is 44.9 Å². The van der Waals surface area contributed by atoms with Gasteiger partial charge in [-0.05, 0) is 63.8 Å². The molecule has 0 aromatic carbocycles. The molecule has 20 heavy (non-hydrogen) atoms. The molecule has 120 valence electrons. The van der Waals surface area contributed by atoms with Crippen molar-refractivity contribution in [3.05, 3.63) is 0 Å². The minimum absolute atomic E-state index is 0.106. The molecule has 2 nitrogen and oxygen atoms in total. The highest BCUT2D eigenvalue weighted by Gasteiger charge is 2.36. The van der Waals surface area contributed by atoms with Gasteiger partial charge in [0, 0.05) is 6.54 Å². The van der Waals surface area contributed by atoms with Crippen LogP contribution in [0.4, 0.5) is 0 Å². The van der Waals surface area contributed by atoms with Crippen molar-refractivity contribution < 1.29 is 4.74 Å². The molecule has 1 fully saturated rings. The van der Waals surface area contributed by atoms with Crippen molar-refractivity contribution in [3.8, 4) is 0 Å². The molecule has 1 saturated carbocycles. The molecular formula is C18H37NO. The monoisotopic (exact) mass is 283 g/mol. The molecule has 1 unspecified atom stereocenters. The lowest BCUT2D eigenvalue weighted by atomic mass is 9.77. The summed E-state index contributed by atoms with van der Waals surface area (Å²) in [5, 5.41) is 3.61. The van der Waals surface area contributed by atoms with E-state index in [1.54, 1.807) is 0 Å². The fourth-order valence-electron chi connectivity index (χ4n) is 3.58. The number of ether oxygens (including phenoxy) is 1. The SMILES string of the molecule is CCCNCC1(OC(C)CC(C)C)CCC(CC)CC1. The Morgan fingerprint density at radius 1 is 1.15 bits per heavy atom. The molecule has 1 atom stereocenters. The lowest BCUT2D eigenvalue weighted by Gasteiger charge is -2.42. The van der Waals surface area contributed by atoms with E-state index in [0.29, 0.717) is 6.10 Å². The fraction of sp³-hybridized carbons (Fsp3) is 1.00. The molecule has 0 amide bonds. The second kappa shape index (κ2) is 9.04. The Balaban J connectivity index is 2.55. The van der Waals surface area contributed by atoms with E-state index < -0.39 is 0 Å². The Labute approximate surface area is 127 Å². The van der Waals surface area contributed by atoms with Crippen LogP contribution in [0.2, 0.25) is 0 Å². The molecule has 2 heteroatoms. The summed E-state index contributed by atoms with van der Waals surface area (Å²) < 4.78 is 6.57. The van der Waals surface area contributed by atoms with Crippen LogP contribution in [-0.4, -0.2) is 24.8 Å². The maximum Gasteiger partial charge on any atom is 0.0810 e. The number of hydrogen-bond donors (Lipinski definition) is 1. The summed E-state index contributed by atoms with van der Waals surface area (Å²) in [5.74, 6) is 1.65. The van der Waals surface area contributed by atoms with E-state index in [-0.39, 0.29) is 5.60 Å². The van der Waals surface area contributed by atoms with Gasteiger partial charge in [0.25, 0.3) is 0 Å². The van der Waals surface area contributed by atoms with Crippen molar-refractivity contribution in [2.45, 2.75) is 91.3 Å². The molecule has 0 aliphatic heterocycles. The van der Waals surface area contributed by atoms with Gasteiger partial charge in [-0.25, -0.2) is 0 Å². The van der Waals surface area contributed by atoms with E-state index in [0.717, 1.165) is 24.9 Å². The van der Waals surface area contributed by atoms with Gasteiger partial charge in [0.2, 0.25) is 0 Å². The first-order valence-corrected chi connectivity index (χ1v) is 8.90. The smallest absolute Gasteiger partial charge is 0.0810 e. The summed E-state index contributed by atoms with van der Waals surface area (Å²) in [4.78, 5) is 0. The van der Waals surface area contributed by atoms with Crippen molar-refractivity contribution in [1.29, 1.82) is 0 Å². The zero-order valence-electron chi connectivity index (χ0n) is 14.5. The average molecular weight is 284 g/mol. The van der Waals surface area contributed by atoms with Gasteiger partial charge in [-0.2, -0.15) is 0 Å². The van der Waals surface area contributed by atoms with E-state index >= 15 is 0 Å². The molecular weight excluding hydrogens is 246 g/mol. The maximum absolute atomic E-state index is 6.57. The van der Waals surface area contributed by atoms with Crippen LogP contribution in [0, 0.1) is 11.8 Å². The molecule has 1 aliphatic carbocycles. The highest BCUT2D eigenvalue weighted by Crippen LogP contribution is 2.37. The summed E-state index contributed by atoms with van der Waals surface area (Å²) in [5.41, 5.74) is 0.106. The third-order valence-corrected chi connectivity index (χ3v) is 4.72. The first kappa shape index (κ1) is 18.0. The summed E-state index contributed by atoms with van der Waals surface area (Å²) in [6, 6.07) is 0. The molecule has 0 aromatic rings. The average Bonchev–Trinajstić information content (AvgIpc) is 2.39. The van der Waals surface area contributed by atoms with Gasteiger partial charge in [-0.3, -0.25) is 0 Å². The van der Waals surface area contributed by atoms with Crippen LogP contribution in [0.15, 0.2) is 0 Å². The topological polar surface area (TPSA) is 21.3 Å². The molecule has 0 radical (unpaired) electrons. The highest BCUT2D eigenvalue weighted by atomic mass is 16.5. The zero-order chi connectivity index (χ0) is 15.0. The van der Waals surface area contributed by atoms with Gasteiger partial charge in [-0.15, -0.1) is 0 Å². The Kier molecular flexibility index (Phi) is 8.13. The van der Waals surface area contributed by atoms with Crippen molar-refractivity contribution in [2.75, 3.05) is 13.1 Å². The van der Waals surface area contributed by atoms with Crippen LogP contribution in [0.3, 0.4) is 0 Å². The number of rotatable bonds is 9. The molecule has 1 rings (SSSR count). The normalized spacial score (nSPS) is 28.8. The Bertz CT molecular complexity index is 238. The number of nitrogens with one attached hydrogen (secondary N) is 1. The summed E-state index contributed by atoms with van der Waals surface area (Å²) in [7, 11) is 0. The quantitative estimate of drug-likeness (QED) is 0.615. The predicted octanol–water partition coefficient (Wildman–Crippen LogP) is 4.78. The molecule has 1 N–H and O–H groups in total. The first-order valence-electron chi connectivity index (χ1n) is 8.90. The Morgan fingerprint density at radius 2 is 1.80 bits per heavy atom. The van der Waals surface area contributed by atoms with Crippen molar-refractivity contribution in [1.82, 2.24) is 5.32 Å². The third-order valence-electron chi connectivity index (χ3n) is 4.72. The van der Waals surface area contributed by atoms with E-state index in [9.17, 15) is 0 Å². The largest absolute Gasteiger partial charge is 0.371 e. The molecule has 0 spiro atoms. The summed E-state index contributed by atoms with van der Waals surface area (Å²) in [6.45, 7) is 13.5. The van der Waals surface area contributed by atoms with Crippen LogP contribution in [0.1, 0.15) is 79.6 Å². The molecule has 0 bridgehead atoms. The van der Waals surface area contributed by atoms with Gasteiger partial charge in [0.05, 0.1) is 11.7 Å². The van der Waals surface area contributed by atoms with Gasteiger partial charge >= 0.3 is 0 Å². The van der Waals surface area contributed by atoms with Crippen LogP contribution >= 0.6 is 0 Å². The number of hydrogen-bond acceptors (Lipinski definition) is 2. The van der Waals surface area contributed by atoms with E-state index in [2.05, 4.69) is 39.9 Å². The lowest BCUT2D eigenvalue weighted by Crippen LogP contribution is -2.48. The fourth-order valence-corrected chi connectivity index (χ4v) is 3.58. The Hall–Kier alpha value is -0.0800. The van der Waals surface area contributed by atoms with Gasteiger partial charge in [0.1, 0.15) is 0 Å². The van der Waals surface area contributed by atoms with Crippen molar-refractivity contribution in [2.24, 2.45) is 11.8 Å². The third kappa shape index (κ3) is 6.13. The standard InChI is InChI=1S/C18H37NO/c1-6-12-19-14-18(20-16(5)13-15(3)4)10-8-17(7-2)9-11-18/h15-17,19H,6-14H2,1-5H3. The predicted molar refractivity (Wildman–Crippen MR) is 88.1 cm³/mol. The summed E-state index contributed by atoms with van der Waals surface area (Å²) >= 11 is 0. The van der Waals surface area contributed by atoms with Crippen LogP contribution in [0.25, 0.3) is 0 Å². The molecule has 0 heterocycles. The van der Waals surface area contributed by atoms with Gasteiger partial charge < -0.3 is 10.1 Å². The minimum atomic E-state index is 0.106. The minimum Gasteiger partial charge on any atom is -0.371 e. The van der Waals surface area contributed by atoms with E-state index in [1.807, 2.05) is 0 Å². The van der Waals surface area contributed by atoms with E-state index in [4.69, 9.17) is 4.74 Å². The summed E-state index contributed by atoms with van der Waals surface area (Å²) in [6.07, 6.45) is 9.27.